The van der Waals surface area contributed by atoms with E-state index in [0.717, 1.165) is 25.7 Å². The quantitative estimate of drug-likeness (QED) is 0.413. The second-order valence-corrected chi connectivity index (χ2v) is 5.20. The van der Waals surface area contributed by atoms with Crippen LogP contribution < -0.4 is 0 Å². The van der Waals surface area contributed by atoms with Gasteiger partial charge >= 0.3 is 0 Å². The third-order valence-corrected chi connectivity index (χ3v) is 3.46. The zero-order valence-electron chi connectivity index (χ0n) is 12.3. The van der Waals surface area contributed by atoms with Gasteiger partial charge in [-0.1, -0.05) is 25.5 Å². The smallest absolute Gasteiger partial charge is 0.114 e. The maximum Gasteiger partial charge on any atom is 0.114 e. The molecule has 1 saturated heterocycles. The second kappa shape index (κ2) is 10.3. The van der Waals surface area contributed by atoms with E-state index < -0.39 is 31.0 Å². The molecule has 0 aromatic carbocycles. The summed E-state index contributed by atoms with van der Waals surface area (Å²) >= 11 is 0. The number of aliphatic hydroxyl groups is 3. The third kappa shape index (κ3) is 5.89. The third-order valence-electron chi connectivity index (χ3n) is 3.46. The normalized spacial score (nSPS) is 28.3. The largest absolute Gasteiger partial charge is 0.394 e. The van der Waals surface area contributed by atoms with Gasteiger partial charge in [-0.2, -0.15) is 0 Å². The van der Waals surface area contributed by atoms with Crippen LogP contribution in [0.4, 0.5) is 0 Å². The first-order valence-electron chi connectivity index (χ1n) is 7.55. The number of allylic oxidation sites excluding steroid dienone is 2. The van der Waals surface area contributed by atoms with Gasteiger partial charge in [-0.25, -0.2) is 0 Å². The Labute approximate surface area is 121 Å². The van der Waals surface area contributed by atoms with E-state index in [2.05, 4.69) is 19.1 Å². The summed E-state index contributed by atoms with van der Waals surface area (Å²) < 4.78 is 10.8. The molecule has 3 N–H and O–H groups in total. The number of rotatable bonds is 10. The van der Waals surface area contributed by atoms with Gasteiger partial charge in [0, 0.05) is 6.61 Å². The van der Waals surface area contributed by atoms with E-state index in [1.807, 2.05) is 0 Å². The Morgan fingerprint density at radius 3 is 2.75 bits per heavy atom. The van der Waals surface area contributed by atoms with Gasteiger partial charge in [0.1, 0.15) is 24.4 Å². The summed E-state index contributed by atoms with van der Waals surface area (Å²) in [4.78, 5) is 0. The molecule has 4 atom stereocenters. The summed E-state index contributed by atoms with van der Waals surface area (Å²) in [5.41, 5.74) is 0. The van der Waals surface area contributed by atoms with E-state index in [4.69, 9.17) is 14.6 Å². The van der Waals surface area contributed by atoms with Crippen LogP contribution >= 0.6 is 0 Å². The van der Waals surface area contributed by atoms with Gasteiger partial charge in [-0.05, 0) is 25.7 Å². The van der Waals surface area contributed by atoms with Gasteiger partial charge in [0.05, 0.1) is 13.2 Å². The van der Waals surface area contributed by atoms with Crippen LogP contribution in [0.5, 0.6) is 0 Å². The summed E-state index contributed by atoms with van der Waals surface area (Å²) in [6, 6.07) is 0. The molecule has 5 nitrogen and oxygen atoms in total. The molecule has 0 saturated carbocycles. The van der Waals surface area contributed by atoms with Gasteiger partial charge in [0.25, 0.3) is 0 Å². The summed E-state index contributed by atoms with van der Waals surface area (Å²) in [5, 5.41) is 28.2. The topological polar surface area (TPSA) is 79.2 Å². The molecule has 5 heteroatoms. The molecule has 1 rings (SSSR count). The Kier molecular flexibility index (Phi) is 9.05. The monoisotopic (exact) mass is 288 g/mol. The van der Waals surface area contributed by atoms with Gasteiger partial charge in [0.15, 0.2) is 0 Å². The van der Waals surface area contributed by atoms with Crippen LogP contribution in [0.3, 0.4) is 0 Å². The average molecular weight is 288 g/mol. The molecule has 1 aliphatic rings. The fourth-order valence-corrected chi connectivity index (χ4v) is 2.21. The van der Waals surface area contributed by atoms with Gasteiger partial charge in [-0.3, -0.25) is 0 Å². The second-order valence-electron chi connectivity index (χ2n) is 5.20. The minimum atomic E-state index is -1.05. The first kappa shape index (κ1) is 17.6. The lowest BCUT2D eigenvalue weighted by atomic mass is 10.1. The zero-order chi connectivity index (χ0) is 14.8. The van der Waals surface area contributed by atoms with Gasteiger partial charge in [0.2, 0.25) is 0 Å². The highest BCUT2D eigenvalue weighted by Crippen LogP contribution is 2.20. The fraction of sp³-hybridized carbons (Fsp3) is 0.867. The molecule has 0 aromatic rings. The molecule has 1 fully saturated rings. The summed E-state index contributed by atoms with van der Waals surface area (Å²) in [6.45, 7) is 2.58. The van der Waals surface area contributed by atoms with Gasteiger partial charge in [-0.15, -0.1) is 0 Å². The van der Waals surface area contributed by atoms with Crippen molar-refractivity contribution in [3.63, 3.8) is 0 Å². The predicted octanol–water partition coefficient (Wildman–Crippen LogP) is 1.01. The van der Waals surface area contributed by atoms with Crippen molar-refractivity contribution in [1.29, 1.82) is 0 Å². The van der Waals surface area contributed by atoms with Crippen LogP contribution in [-0.4, -0.2) is 59.6 Å². The van der Waals surface area contributed by atoms with Crippen molar-refractivity contribution in [3.8, 4) is 0 Å². The summed E-state index contributed by atoms with van der Waals surface area (Å²) in [6.07, 6.45) is 6.69. The molecule has 0 radical (unpaired) electrons. The van der Waals surface area contributed by atoms with Crippen molar-refractivity contribution >= 4 is 0 Å². The maximum atomic E-state index is 9.92. The molecule has 0 spiro atoms. The van der Waals surface area contributed by atoms with E-state index in [0.29, 0.717) is 6.61 Å². The van der Waals surface area contributed by atoms with Crippen LogP contribution in [-0.2, 0) is 9.47 Å². The van der Waals surface area contributed by atoms with Crippen molar-refractivity contribution in [3.05, 3.63) is 12.2 Å². The lowest BCUT2D eigenvalue weighted by Crippen LogP contribution is -2.41. The van der Waals surface area contributed by atoms with Crippen molar-refractivity contribution < 1.29 is 24.8 Å². The fourth-order valence-electron chi connectivity index (χ4n) is 2.21. The zero-order valence-corrected chi connectivity index (χ0v) is 12.3. The summed E-state index contributed by atoms with van der Waals surface area (Å²) in [5.74, 6) is 0. The van der Waals surface area contributed by atoms with E-state index >= 15 is 0 Å². The Morgan fingerprint density at radius 2 is 2.05 bits per heavy atom. The lowest BCUT2D eigenvalue weighted by Gasteiger charge is -2.20. The minimum absolute atomic E-state index is 0.263. The van der Waals surface area contributed by atoms with Crippen LogP contribution in [0.1, 0.15) is 39.0 Å². The van der Waals surface area contributed by atoms with Gasteiger partial charge < -0.3 is 24.8 Å². The molecule has 118 valence electrons. The number of hydrogen-bond acceptors (Lipinski definition) is 5. The molecule has 1 aliphatic heterocycles. The van der Waals surface area contributed by atoms with Crippen molar-refractivity contribution in [2.45, 2.75) is 63.4 Å². The first-order chi connectivity index (χ1) is 9.70. The Hall–Kier alpha value is -0.460. The highest BCUT2D eigenvalue weighted by atomic mass is 16.6. The molecule has 0 unspecified atom stereocenters. The molecule has 0 aromatic heterocycles. The molecule has 0 aliphatic carbocycles. The van der Waals surface area contributed by atoms with E-state index in [1.165, 1.54) is 6.42 Å². The van der Waals surface area contributed by atoms with Crippen LogP contribution in [0, 0.1) is 0 Å². The Bertz CT molecular complexity index is 269. The molecule has 0 amide bonds. The van der Waals surface area contributed by atoms with E-state index in [9.17, 15) is 10.2 Å². The van der Waals surface area contributed by atoms with Crippen LogP contribution in [0.25, 0.3) is 0 Å². The molecular weight excluding hydrogens is 260 g/mol. The van der Waals surface area contributed by atoms with Crippen LogP contribution in [0.2, 0.25) is 0 Å². The standard InChI is InChI=1S/C15H28O5/c1-2-3-4-5-6-7-8-9-19-13-11-20-15(14(13)18)12(17)10-16/h4-5,12-18H,2-3,6-11H2,1H3/b5-4+/t12-,13+,14+,15+/m1/s1. The van der Waals surface area contributed by atoms with Crippen LogP contribution in [0.15, 0.2) is 12.2 Å². The average Bonchev–Trinajstić information content (AvgIpc) is 2.82. The highest BCUT2D eigenvalue weighted by Gasteiger charge is 2.40. The molecule has 0 bridgehead atoms. The number of ether oxygens (including phenoxy) is 2. The molecule has 1 heterocycles. The summed E-state index contributed by atoms with van der Waals surface area (Å²) in [7, 11) is 0. The first-order valence-corrected chi connectivity index (χ1v) is 7.55. The maximum absolute atomic E-state index is 9.92. The number of aliphatic hydroxyl groups excluding tert-OH is 3. The SMILES string of the molecule is CCC/C=C/CCCCO[C@H]1CO[C@@H]([C@H](O)CO)[C@H]1O. The van der Waals surface area contributed by atoms with E-state index in [-0.39, 0.29) is 6.61 Å². The Morgan fingerprint density at radius 1 is 1.30 bits per heavy atom. The molecular formula is C15H28O5. The highest BCUT2D eigenvalue weighted by molar-refractivity contribution is 4.88. The van der Waals surface area contributed by atoms with E-state index in [1.54, 1.807) is 0 Å². The number of unbranched alkanes of at least 4 members (excludes halogenated alkanes) is 3. The predicted molar refractivity (Wildman–Crippen MR) is 76.5 cm³/mol. The Balaban J connectivity index is 2.08. The van der Waals surface area contributed by atoms with Crippen molar-refractivity contribution in [2.24, 2.45) is 0 Å². The van der Waals surface area contributed by atoms with Crippen molar-refractivity contribution in [2.75, 3.05) is 19.8 Å². The lowest BCUT2D eigenvalue weighted by molar-refractivity contribution is -0.0730. The van der Waals surface area contributed by atoms with Crippen molar-refractivity contribution in [1.82, 2.24) is 0 Å². The molecule has 20 heavy (non-hydrogen) atoms. The minimum Gasteiger partial charge on any atom is -0.394 e. The number of hydrogen-bond donors (Lipinski definition) is 3.